The van der Waals surface area contributed by atoms with Crippen LogP contribution in [0.25, 0.3) is 78.1 Å². The van der Waals surface area contributed by atoms with Gasteiger partial charge in [0.1, 0.15) is 0 Å². The molecule has 0 saturated carbocycles. The molecular formula is C56H37N3. The van der Waals surface area contributed by atoms with Gasteiger partial charge in [-0.2, -0.15) is 0 Å². The molecular weight excluding hydrogens is 715 g/mol. The maximum absolute atomic E-state index is 5.24. The summed E-state index contributed by atoms with van der Waals surface area (Å²) in [6, 6.07) is 76.2. The van der Waals surface area contributed by atoms with Crippen LogP contribution >= 0.6 is 0 Å². The van der Waals surface area contributed by atoms with Crippen LogP contribution in [0.1, 0.15) is 22.3 Å². The second-order valence-electron chi connectivity index (χ2n) is 15.1. The number of pyridine rings is 1. The van der Waals surface area contributed by atoms with Gasteiger partial charge in [-0.15, -0.1) is 0 Å². The van der Waals surface area contributed by atoms with Crippen molar-refractivity contribution >= 4 is 10.8 Å². The molecule has 0 amide bonds. The van der Waals surface area contributed by atoms with Crippen molar-refractivity contribution in [2.75, 3.05) is 0 Å². The van der Waals surface area contributed by atoms with Gasteiger partial charge in [0, 0.05) is 29.1 Å². The lowest BCUT2D eigenvalue weighted by Crippen LogP contribution is -2.28. The summed E-state index contributed by atoms with van der Waals surface area (Å²) in [4.78, 5) is 14.7. The van der Waals surface area contributed by atoms with E-state index < -0.39 is 5.41 Å². The maximum Gasteiger partial charge on any atom is 0.160 e. The zero-order chi connectivity index (χ0) is 39.2. The molecule has 3 nitrogen and oxygen atoms in total. The Morgan fingerprint density at radius 2 is 0.881 bits per heavy atom. The van der Waals surface area contributed by atoms with Crippen LogP contribution < -0.4 is 0 Å². The molecule has 0 atom stereocenters. The summed E-state index contributed by atoms with van der Waals surface area (Å²) in [5.41, 5.74) is 16.6. The first kappa shape index (κ1) is 34.5. The highest BCUT2D eigenvalue weighted by Gasteiger charge is 2.46. The summed E-state index contributed by atoms with van der Waals surface area (Å²) in [5.74, 6) is 0.695. The zero-order valence-electron chi connectivity index (χ0n) is 32.2. The normalized spacial score (nSPS) is 12.5. The molecule has 2 heterocycles. The SMILES string of the molecule is c1ccc(-c2nc(-c3ccc(-c4cccnc4)cc3)cc(-c3ccc(-c4ccc5c(c4)-c4ccccc4C5(c4ccccc4)c4ccccc4)c4ccccc34)n2)cc1. The number of benzene rings is 8. The minimum atomic E-state index is -0.431. The molecule has 1 aliphatic carbocycles. The van der Waals surface area contributed by atoms with Crippen molar-refractivity contribution in [3.05, 3.63) is 247 Å². The van der Waals surface area contributed by atoms with Crippen molar-refractivity contribution < 1.29 is 0 Å². The highest BCUT2D eigenvalue weighted by Crippen LogP contribution is 2.56. The fraction of sp³-hybridized carbons (Fsp3) is 0.0179. The Balaban J connectivity index is 1.06. The van der Waals surface area contributed by atoms with Crippen LogP contribution in [0.2, 0.25) is 0 Å². The standard InChI is InChI=1S/C56H37N3/c1-4-15-40(16-5-1)55-58-53(39-28-26-38(27-29-39)42-17-14-34-57-37-42)36-54(59-55)49-32-31-45(46-22-10-11-23-47(46)49)41-30-33-52-50(35-41)48-24-12-13-25-51(48)56(52,43-18-6-2-7-19-43)44-20-8-3-9-21-44/h1-37H. The van der Waals surface area contributed by atoms with Crippen LogP contribution in [0.4, 0.5) is 0 Å². The first-order valence-corrected chi connectivity index (χ1v) is 20.1. The minimum absolute atomic E-state index is 0.431. The van der Waals surface area contributed by atoms with E-state index in [1.807, 2.05) is 30.5 Å². The Hall–Kier alpha value is -7.75. The minimum Gasteiger partial charge on any atom is -0.264 e. The fourth-order valence-electron chi connectivity index (χ4n) is 9.21. The number of aromatic nitrogens is 3. The highest BCUT2D eigenvalue weighted by atomic mass is 14.9. The van der Waals surface area contributed by atoms with Crippen molar-refractivity contribution in [2.45, 2.75) is 5.41 Å². The van der Waals surface area contributed by atoms with Crippen LogP contribution in [-0.2, 0) is 5.41 Å². The molecule has 0 unspecified atom stereocenters. The van der Waals surface area contributed by atoms with Gasteiger partial charge in [0.25, 0.3) is 0 Å². The van der Waals surface area contributed by atoms with Crippen LogP contribution in [-0.4, -0.2) is 15.0 Å². The van der Waals surface area contributed by atoms with Gasteiger partial charge in [-0.05, 0) is 84.6 Å². The summed E-state index contributed by atoms with van der Waals surface area (Å²) >= 11 is 0. The van der Waals surface area contributed by atoms with E-state index in [2.05, 4.69) is 193 Å². The number of rotatable bonds is 7. The first-order chi connectivity index (χ1) is 29.3. The van der Waals surface area contributed by atoms with Crippen molar-refractivity contribution in [2.24, 2.45) is 0 Å². The third-order valence-corrected chi connectivity index (χ3v) is 11.9. The van der Waals surface area contributed by atoms with E-state index >= 15 is 0 Å². The van der Waals surface area contributed by atoms with Gasteiger partial charge in [-0.25, -0.2) is 9.97 Å². The molecule has 59 heavy (non-hydrogen) atoms. The number of hydrogen-bond acceptors (Lipinski definition) is 3. The largest absolute Gasteiger partial charge is 0.264 e. The average molecular weight is 752 g/mol. The van der Waals surface area contributed by atoms with Crippen LogP contribution in [0, 0.1) is 0 Å². The predicted octanol–water partition coefficient (Wildman–Crippen LogP) is 13.7. The molecule has 0 saturated heterocycles. The quantitative estimate of drug-likeness (QED) is 0.163. The van der Waals surface area contributed by atoms with Gasteiger partial charge in [0.2, 0.25) is 0 Å². The summed E-state index contributed by atoms with van der Waals surface area (Å²) in [7, 11) is 0. The molecule has 8 aromatic carbocycles. The lowest BCUT2D eigenvalue weighted by atomic mass is 9.67. The Morgan fingerprint density at radius 3 is 1.59 bits per heavy atom. The van der Waals surface area contributed by atoms with Crippen LogP contribution in [0.3, 0.4) is 0 Å². The monoisotopic (exact) mass is 751 g/mol. The maximum atomic E-state index is 5.24. The van der Waals surface area contributed by atoms with Gasteiger partial charge >= 0.3 is 0 Å². The predicted molar refractivity (Wildman–Crippen MR) is 242 cm³/mol. The molecule has 0 N–H and O–H groups in total. The van der Waals surface area contributed by atoms with Crippen molar-refractivity contribution in [3.8, 4) is 67.3 Å². The van der Waals surface area contributed by atoms with Gasteiger partial charge in [-0.3, -0.25) is 4.98 Å². The molecule has 0 bridgehead atoms. The zero-order valence-corrected chi connectivity index (χ0v) is 32.2. The molecule has 3 heteroatoms. The Kier molecular flexibility index (Phi) is 8.37. The first-order valence-electron chi connectivity index (χ1n) is 20.1. The van der Waals surface area contributed by atoms with Gasteiger partial charge in [0.05, 0.1) is 16.8 Å². The van der Waals surface area contributed by atoms with E-state index in [1.54, 1.807) is 6.20 Å². The molecule has 0 spiro atoms. The summed E-state index contributed by atoms with van der Waals surface area (Å²) in [5, 5.41) is 2.32. The second kappa shape index (κ2) is 14.3. The number of fused-ring (bicyclic) bond motifs is 4. The van der Waals surface area contributed by atoms with Crippen molar-refractivity contribution in [3.63, 3.8) is 0 Å². The summed E-state index contributed by atoms with van der Waals surface area (Å²) < 4.78 is 0. The molecule has 0 radical (unpaired) electrons. The third kappa shape index (κ3) is 5.78. The van der Waals surface area contributed by atoms with Crippen LogP contribution in [0.15, 0.2) is 225 Å². The third-order valence-electron chi connectivity index (χ3n) is 11.9. The van der Waals surface area contributed by atoms with Gasteiger partial charge in [0.15, 0.2) is 5.82 Å². The van der Waals surface area contributed by atoms with Gasteiger partial charge in [-0.1, -0.05) is 194 Å². The van der Waals surface area contributed by atoms with Crippen LogP contribution in [0.5, 0.6) is 0 Å². The Morgan fingerprint density at radius 1 is 0.322 bits per heavy atom. The molecule has 0 aliphatic heterocycles. The fourth-order valence-corrected chi connectivity index (χ4v) is 9.21. The van der Waals surface area contributed by atoms with E-state index in [1.165, 1.54) is 49.9 Å². The van der Waals surface area contributed by atoms with Crippen molar-refractivity contribution in [1.82, 2.24) is 15.0 Å². The second-order valence-corrected chi connectivity index (χ2v) is 15.1. The van der Waals surface area contributed by atoms with E-state index in [-0.39, 0.29) is 0 Å². The Bertz CT molecular complexity index is 3080. The molecule has 1 aliphatic rings. The number of hydrogen-bond donors (Lipinski definition) is 0. The number of nitrogens with zero attached hydrogens (tertiary/aromatic N) is 3. The highest BCUT2D eigenvalue weighted by molar-refractivity contribution is 6.05. The topological polar surface area (TPSA) is 38.7 Å². The smallest absolute Gasteiger partial charge is 0.160 e. The van der Waals surface area contributed by atoms with E-state index in [0.29, 0.717) is 5.82 Å². The van der Waals surface area contributed by atoms with E-state index in [9.17, 15) is 0 Å². The lowest BCUT2D eigenvalue weighted by molar-refractivity contribution is 0.768. The molecule has 276 valence electrons. The van der Waals surface area contributed by atoms with Crippen molar-refractivity contribution in [1.29, 1.82) is 0 Å². The van der Waals surface area contributed by atoms with E-state index in [4.69, 9.17) is 9.97 Å². The lowest BCUT2D eigenvalue weighted by Gasteiger charge is -2.33. The van der Waals surface area contributed by atoms with E-state index in [0.717, 1.165) is 44.6 Å². The van der Waals surface area contributed by atoms with Gasteiger partial charge < -0.3 is 0 Å². The molecule has 2 aromatic heterocycles. The summed E-state index contributed by atoms with van der Waals surface area (Å²) in [6.45, 7) is 0. The Labute approximate surface area is 344 Å². The summed E-state index contributed by atoms with van der Waals surface area (Å²) in [6.07, 6.45) is 3.69. The average Bonchev–Trinajstić information content (AvgIpc) is 3.62. The molecule has 10 aromatic rings. The molecule has 0 fully saturated rings. The molecule has 11 rings (SSSR count).